The molecule has 15 heteroatoms. The van der Waals surface area contributed by atoms with Crippen LogP contribution in [0.4, 0.5) is 48.5 Å². The molecule has 0 aliphatic carbocycles. The molecule has 2 aliphatic heterocycles. The molecule has 254 valence electrons. The van der Waals surface area contributed by atoms with Crippen LogP contribution in [-0.4, -0.2) is 62.1 Å². The zero-order chi connectivity index (χ0) is 33.9. The number of hydrogen-bond donors (Lipinski definition) is 0. The van der Waals surface area contributed by atoms with Gasteiger partial charge in [0.25, 0.3) is 0 Å². The minimum absolute atomic E-state index is 0.0891. The van der Waals surface area contributed by atoms with Crippen molar-refractivity contribution in [1.82, 2.24) is 9.97 Å². The summed E-state index contributed by atoms with van der Waals surface area (Å²) >= 11 is 0. The number of halogens is 6. The standard InChI is InChI=1S/C32H35F6N5O4/c1-4-23-15-28(26-16-25(45-3)6-7-27(26)43(23)30(44)47-5-2)42(29-39-17-24(18-40-29)41-8-10-46-11-9-41)19-20-12-21(31(33,34)35)14-22(13-20)32(36,37)38/h6-7,12-14,16-18,23,28H,4-5,8-11,15,19H2,1-3H3/t23-,28+/m1/s1. The van der Waals surface area contributed by atoms with Crippen LogP contribution in [0.1, 0.15) is 55.0 Å². The lowest BCUT2D eigenvalue weighted by Gasteiger charge is -2.44. The molecular weight excluding hydrogens is 632 g/mol. The van der Waals surface area contributed by atoms with Gasteiger partial charge in [0, 0.05) is 31.2 Å². The molecule has 9 nitrogen and oxygen atoms in total. The Morgan fingerprint density at radius 1 is 0.979 bits per heavy atom. The summed E-state index contributed by atoms with van der Waals surface area (Å²) in [6.07, 6.45) is -6.74. The molecule has 3 aromatic rings. The molecule has 0 radical (unpaired) electrons. The number of carbonyl (C=O) groups excluding carboxylic acids is 1. The predicted molar refractivity (Wildman–Crippen MR) is 162 cm³/mol. The van der Waals surface area contributed by atoms with E-state index < -0.39 is 48.2 Å². The summed E-state index contributed by atoms with van der Waals surface area (Å²) in [7, 11) is 1.46. The van der Waals surface area contributed by atoms with Crippen LogP contribution >= 0.6 is 0 Å². The van der Waals surface area contributed by atoms with Gasteiger partial charge in [0.2, 0.25) is 5.95 Å². The van der Waals surface area contributed by atoms with E-state index in [1.165, 1.54) is 12.0 Å². The number of carbonyl (C=O) groups is 1. The molecule has 2 atom stereocenters. The van der Waals surface area contributed by atoms with Gasteiger partial charge in [-0.2, -0.15) is 26.3 Å². The number of alkyl halides is 6. The van der Waals surface area contributed by atoms with Gasteiger partial charge < -0.3 is 24.0 Å². The second-order valence-corrected chi connectivity index (χ2v) is 11.2. The zero-order valence-corrected chi connectivity index (χ0v) is 26.1. The van der Waals surface area contributed by atoms with Crippen LogP contribution in [0.3, 0.4) is 0 Å². The molecule has 1 saturated heterocycles. The summed E-state index contributed by atoms with van der Waals surface area (Å²) in [5, 5.41) is 0. The van der Waals surface area contributed by atoms with Gasteiger partial charge in [-0.1, -0.05) is 6.92 Å². The average Bonchev–Trinajstić information content (AvgIpc) is 3.06. The fourth-order valence-corrected chi connectivity index (χ4v) is 5.99. The highest BCUT2D eigenvalue weighted by molar-refractivity contribution is 5.90. The highest BCUT2D eigenvalue weighted by Crippen LogP contribution is 2.45. The highest BCUT2D eigenvalue weighted by atomic mass is 19.4. The Labute approximate surface area is 268 Å². The first-order chi connectivity index (χ1) is 22.3. The second-order valence-electron chi connectivity index (χ2n) is 11.2. The van der Waals surface area contributed by atoms with Crippen molar-refractivity contribution in [1.29, 1.82) is 0 Å². The maximum absolute atomic E-state index is 13.8. The van der Waals surface area contributed by atoms with E-state index >= 15 is 0 Å². The minimum Gasteiger partial charge on any atom is -0.497 e. The van der Waals surface area contributed by atoms with Crippen LogP contribution in [0.5, 0.6) is 5.75 Å². The van der Waals surface area contributed by atoms with Crippen molar-refractivity contribution in [3.8, 4) is 5.75 Å². The van der Waals surface area contributed by atoms with Gasteiger partial charge in [0.05, 0.1) is 67.9 Å². The monoisotopic (exact) mass is 667 g/mol. The first-order valence-corrected chi connectivity index (χ1v) is 15.2. The number of rotatable bonds is 8. The van der Waals surface area contributed by atoms with Crippen molar-refractivity contribution in [2.75, 3.05) is 54.7 Å². The van der Waals surface area contributed by atoms with Gasteiger partial charge in [0.1, 0.15) is 5.75 Å². The van der Waals surface area contributed by atoms with E-state index in [4.69, 9.17) is 14.2 Å². The van der Waals surface area contributed by atoms with E-state index in [0.29, 0.717) is 67.5 Å². The molecule has 0 saturated carbocycles. The van der Waals surface area contributed by atoms with E-state index in [1.807, 2.05) is 11.8 Å². The molecule has 1 fully saturated rings. The predicted octanol–water partition coefficient (Wildman–Crippen LogP) is 7.25. The zero-order valence-electron chi connectivity index (χ0n) is 26.1. The number of aromatic nitrogens is 2. The van der Waals surface area contributed by atoms with Crippen LogP contribution in [0.2, 0.25) is 0 Å². The van der Waals surface area contributed by atoms with Crippen LogP contribution in [0, 0.1) is 0 Å². The van der Waals surface area contributed by atoms with E-state index in [2.05, 4.69) is 9.97 Å². The summed E-state index contributed by atoms with van der Waals surface area (Å²) in [4.78, 5) is 27.5. The SMILES string of the molecule is CCOC(=O)N1c2ccc(OC)cc2[C@@H](N(Cc2cc(C(F)(F)F)cc(C(F)(F)F)c2)c2ncc(N3CCOCC3)cn2)C[C@H]1CC. The fraction of sp³-hybridized carbons (Fsp3) is 0.469. The van der Waals surface area contributed by atoms with Crippen molar-refractivity contribution in [2.45, 2.75) is 57.7 Å². The molecular formula is C32H35F6N5O4. The van der Waals surface area contributed by atoms with Gasteiger partial charge in [-0.25, -0.2) is 14.8 Å². The second kappa shape index (κ2) is 13.8. The molecule has 2 aliphatic rings. The van der Waals surface area contributed by atoms with E-state index in [9.17, 15) is 31.1 Å². The molecule has 0 spiro atoms. The molecule has 3 heterocycles. The minimum atomic E-state index is -5.02. The number of benzene rings is 2. The molecule has 0 unspecified atom stereocenters. The Morgan fingerprint density at radius 2 is 1.62 bits per heavy atom. The lowest BCUT2D eigenvalue weighted by molar-refractivity contribution is -0.143. The molecule has 1 amide bonds. The third kappa shape index (κ3) is 7.50. The Balaban J connectivity index is 1.66. The summed E-state index contributed by atoms with van der Waals surface area (Å²) in [6, 6.07) is 5.46. The number of morpholine rings is 1. The number of amides is 1. The van der Waals surface area contributed by atoms with Gasteiger partial charge in [-0.3, -0.25) is 4.90 Å². The normalized spacial score (nSPS) is 18.5. The van der Waals surface area contributed by atoms with Gasteiger partial charge in [-0.15, -0.1) is 0 Å². The summed E-state index contributed by atoms with van der Waals surface area (Å²) < 4.78 is 99.3. The Morgan fingerprint density at radius 3 is 2.17 bits per heavy atom. The number of nitrogens with zero attached hydrogens (tertiary/aromatic N) is 5. The fourth-order valence-electron chi connectivity index (χ4n) is 5.99. The molecule has 0 N–H and O–H groups in total. The number of fused-ring (bicyclic) bond motifs is 1. The molecule has 5 rings (SSSR count). The molecule has 47 heavy (non-hydrogen) atoms. The summed E-state index contributed by atoms with van der Waals surface area (Å²) in [6.45, 7) is 5.53. The number of methoxy groups -OCH3 is 1. The Hall–Kier alpha value is -4.27. The van der Waals surface area contributed by atoms with Crippen LogP contribution in [0.25, 0.3) is 0 Å². The first kappa shape index (κ1) is 34.1. The topological polar surface area (TPSA) is 80.3 Å². The van der Waals surface area contributed by atoms with Crippen molar-refractivity contribution < 1.29 is 45.3 Å². The molecule has 1 aromatic heterocycles. The maximum atomic E-state index is 13.8. The van der Waals surface area contributed by atoms with Crippen molar-refractivity contribution in [2.24, 2.45) is 0 Å². The van der Waals surface area contributed by atoms with Crippen LogP contribution < -0.4 is 19.4 Å². The van der Waals surface area contributed by atoms with Gasteiger partial charge in [0.15, 0.2) is 0 Å². The van der Waals surface area contributed by atoms with Crippen molar-refractivity contribution >= 4 is 23.4 Å². The average molecular weight is 668 g/mol. The molecule has 2 aromatic carbocycles. The molecule has 0 bridgehead atoms. The Bertz CT molecular complexity index is 1510. The summed E-state index contributed by atoms with van der Waals surface area (Å²) in [5.41, 5.74) is -1.36. The third-order valence-corrected chi connectivity index (χ3v) is 8.28. The van der Waals surface area contributed by atoms with Crippen molar-refractivity contribution in [3.05, 3.63) is 71.0 Å². The van der Waals surface area contributed by atoms with Crippen LogP contribution in [0.15, 0.2) is 48.8 Å². The largest absolute Gasteiger partial charge is 0.497 e. The Kier molecular flexibility index (Phi) is 10.0. The number of hydrogen-bond acceptors (Lipinski definition) is 8. The quantitative estimate of drug-likeness (QED) is 0.233. The number of ether oxygens (including phenoxy) is 3. The smallest absolute Gasteiger partial charge is 0.416 e. The van der Waals surface area contributed by atoms with Crippen molar-refractivity contribution in [3.63, 3.8) is 0 Å². The van der Waals surface area contributed by atoms with Gasteiger partial charge >= 0.3 is 18.4 Å². The summed E-state index contributed by atoms with van der Waals surface area (Å²) in [5.74, 6) is 0.528. The third-order valence-electron chi connectivity index (χ3n) is 8.28. The van der Waals surface area contributed by atoms with Gasteiger partial charge in [-0.05, 0) is 61.7 Å². The van der Waals surface area contributed by atoms with Crippen LogP contribution in [-0.2, 0) is 28.4 Å². The van der Waals surface area contributed by atoms with E-state index in [-0.39, 0.29) is 30.6 Å². The maximum Gasteiger partial charge on any atom is 0.416 e. The highest BCUT2D eigenvalue weighted by Gasteiger charge is 2.41. The number of anilines is 3. The van der Waals surface area contributed by atoms with E-state index in [1.54, 1.807) is 42.4 Å². The first-order valence-electron chi connectivity index (χ1n) is 15.2. The van der Waals surface area contributed by atoms with E-state index in [0.717, 1.165) is 0 Å². The lowest BCUT2D eigenvalue weighted by Crippen LogP contribution is -2.48. The lowest BCUT2D eigenvalue weighted by atomic mass is 9.88.